The zero-order chi connectivity index (χ0) is 18.9. The Morgan fingerprint density at radius 2 is 1.93 bits per heavy atom. The highest BCUT2D eigenvalue weighted by molar-refractivity contribution is 5.79. The summed E-state index contributed by atoms with van der Waals surface area (Å²) in [6.07, 6.45) is 2.06. The van der Waals surface area contributed by atoms with E-state index in [2.05, 4.69) is 27.3 Å². The SMILES string of the molecule is C[C@@](C#N)(NC(=O)CN1CCN(Cc2ccc3c(c2)OCO3)CC1)C1CC1. The van der Waals surface area contributed by atoms with Crippen LogP contribution in [0.25, 0.3) is 0 Å². The van der Waals surface area contributed by atoms with Crippen LogP contribution in [0.15, 0.2) is 18.2 Å². The average molecular weight is 370 g/mol. The van der Waals surface area contributed by atoms with E-state index in [0.717, 1.165) is 57.1 Å². The standard InChI is InChI=1S/C20H26N4O3/c1-20(13-21,16-3-4-16)22-19(25)12-24-8-6-23(7-9-24)11-15-2-5-17-18(10-15)27-14-26-17/h2,5,10,16H,3-4,6-9,11-12,14H2,1H3,(H,22,25)/t20-/m0/s1. The van der Waals surface area contributed by atoms with Gasteiger partial charge in [0.2, 0.25) is 12.7 Å². The Balaban J connectivity index is 1.23. The van der Waals surface area contributed by atoms with Gasteiger partial charge in [-0.05, 0) is 43.4 Å². The number of benzene rings is 1. The molecule has 0 aromatic heterocycles. The van der Waals surface area contributed by atoms with Crippen molar-refractivity contribution in [2.45, 2.75) is 31.8 Å². The third-order valence-corrected chi connectivity index (χ3v) is 5.70. The van der Waals surface area contributed by atoms with E-state index in [0.29, 0.717) is 19.3 Å². The summed E-state index contributed by atoms with van der Waals surface area (Å²) in [7, 11) is 0. The summed E-state index contributed by atoms with van der Waals surface area (Å²) >= 11 is 0. The van der Waals surface area contributed by atoms with E-state index in [-0.39, 0.29) is 5.91 Å². The Kier molecular flexibility index (Phi) is 4.94. The molecule has 1 saturated heterocycles. The second-order valence-corrected chi connectivity index (χ2v) is 7.88. The number of carbonyl (C=O) groups is 1. The lowest BCUT2D eigenvalue weighted by Crippen LogP contribution is -2.53. The van der Waals surface area contributed by atoms with E-state index in [1.54, 1.807) is 0 Å². The molecule has 0 spiro atoms. The number of hydrogen-bond donors (Lipinski definition) is 1. The normalized spacial score (nSPS) is 22.1. The van der Waals surface area contributed by atoms with E-state index >= 15 is 0 Å². The fourth-order valence-corrected chi connectivity index (χ4v) is 3.82. The van der Waals surface area contributed by atoms with Gasteiger partial charge < -0.3 is 14.8 Å². The molecular formula is C20H26N4O3. The molecule has 1 aliphatic carbocycles. The van der Waals surface area contributed by atoms with Crippen LogP contribution < -0.4 is 14.8 Å². The lowest BCUT2D eigenvalue weighted by atomic mass is 9.98. The molecule has 7 heteroatoms. The number of piperazine rings is 1. The summed E-state index contributed by atoms with van der Waals surface area (Å²) in [6, 6.07) is 8.37. The number of nitrogens with one attached hydrogen (secondary N) is 1. The van der Waals surface area contributed by atoms with Crippen molar-refractivity contribution in [1.29, 1.82) is 5.26 Å². The maximum absolute atomic E-state index is 12.4. The average Bonchev–Trinajstić information content (AvgIpc) is 3.42. The van der Waals surface area contributed by atoms with Gasteiger partial charge in [-0.1, -0.05) is 6.07 Å². The predicted molar refractivity (Wildman–Crippen MR) is 99.2 cm³/mol. The summed E-state index contributed by atoms with van der Waals surface area (Å²) in [6.45, 7) is 6.90. The minimum Gasteiger partial charge on any atom is -0.454 e. The summed E-state index contributed by atoms with van der Waals surface area (Å²) < 4.78 is 10.8. The number of ether oxygens (including phenoxy) is 2. The maximum atomic E-state index is 12.4. The molecule has 1 N–H and O–H groups in total. The second kappa shape index (κ2) is 7.37. The zero-order valence-corrected chi connectivity index (χ0v) is 15.7. The molecule has 7 nitrogen and oxygen atoms in total. The molecule has 1 aromatic carbocycles. The number of carbonyl (C=O) groups excluding carboxylic acids is 1. The quantitative estimate of drug-likeness (QED) is 0.814. The number of nitriles is 1. The Hall–Kier alpha value is -2.30. The largest absolute Gasteiger partial charge is 0.454 e. The molecule has 2 aliphatic heterocycles. The van der Waals surface area contributed by atoms with E-state index < -0.39 is 5.54 Å². The third-order valence-electron chi connectivity index (χ3n) is 5.70. The topological polar surface area (TPSA) is 77.8 Å². The minimum absolute atomic E-state index is 0.0461. The Morgan fingerprint density at radius 3 is 2.63 bits per heavy atom. The minimum atomic E-state index is -0.710. The molecule has 1 amide bonds. The highest BCUT2D eigenvalue weighted by atomic mass is 16.7. The van der Waals surface area contributed by atoms with Gasteiger partial charge in [-0.25, -0.2) is 0 Å². The van der Waals surface area contributed by atoms with Crippen LogP contribution >= 0.6 is 0 Å². The van der Waals surface area contributed by atoms with Crippen LogP contribution in [0.4, 0.5) is 0 Å². The van der Waals surface area contributed by atoms with Crippen molar-refractivity contribution in [3.63, 3.8) is 0 Å². The molecule has 0 bridgehead atoms. The summed E-state index contributed by atoms with van der Waals surface area (Å²) in [5, 5.41) is 12.3. The van der Waals surface area contributed by atoms with Crippen LogP contribution in [0.1, 0.15) is 25.3 Å². The first-order valence-corrected chi connectivity index (χ1v) is 9.61. The van der Waals surface area contributed by atoms with Gasteiger partial charge in [0.1, 0.15) is 5.54 Å². The van der Waals surface area contributed by atoms with E-state index in [4.69, 9.17) is 9.47 Å². The molecular weight excluding hydrogens is 344 g/mol. The maximum Gasteiger partial charge on any atom is 0.235 e. The Morgan fingerprint density at radius 1 is 1.22 bits per heavy atom. The fraction of sp³-hybridized carbons (Fsp3) is 0.600. The molecule has 2 fully saturated rings. The van der Waals surface area contributed by atoms with Gasteiger partial charge in [-0.2, -0.15) is 5.26 Å². The molecule has 27 heavy (non-hydrogen) atoms. The fourth-order valence-electron chi connectivity index (χ4n) is 3.82. The monoisotopic (exact) mass is 370 g/mol. The molecule has 1 saturated carbocycles. The Bertz CT molecular complexity index is 750. The first-order valence-electron chi connectivity index (χ1n) is 9.61. The van der Waals surface area contributed by atoms with Crippen molar-refractivity contribution in [1.82, 2.24) is 15.1 Å². The zero-order valence-electron chi connectivity index (χ0n) is 15.7. The van der Waals surface area contributed by atoms with Crippen LogP contribution in [0.5, 0.6) is 11.5 Å². The van der Waals surface area contributed by atoms with E-state index in [1.807, 2.05) is 19.1 Å². The molecule has 2 heterocycles. The molecule has 4 rings (SSSR count). The van der Waals surface area contributed by atoms with E-state index in [9.17, 15) is 10.1 Å². The smallest absolute Gasteiger partial charge is 0.235 e. The third kappa shape index (κ3) is 4.18. The summed E-state index contributed by atoms with van der Waals surface area (Å²) in [4.78, 5) is 16.9. The number of amides is 1. The molecule has 1 atom stereocenters. The van der Waals surface area contributed by atoms with Crippen LogP contribution in [0.3, 0.4) is 0 Å². The number of hydrogen-bond acceptors (Lipinski definition) is 6. The lowest BCUT2D eigenvalue weighted by molar-refractivity contribution is -0.124. The van der Waals surface area contributed by atoms with Gasteiger partial charge in [0.15, 0.2) is 11.5 Å². The molecule has 3 aliphatic rings. The highest BCUT2D eigenvalue weighted by Gasteiger charge is 2.43. The molecule has 0 unspecified atom stereocenters. The van der Waals surface area contributed by atoms with Gasteiger partial charge in [-0.3, -0.25) is 14.6 Å². The lowest BCUT2D eigenvalue weighted by Gasteiger charge is -2.35. The first-order chi connectivity index (χ1) is 13.1. The van der Waals surface area contributed by atoms with Crippen LogP contribution in [0.2, 0.25) is 0 Å². The number of fused-ring (bicyclic) bond motifs is 1. The van der Waals surface area contributed by atoms with Crippen molar-refractivity contribution in [2.75, 3.05) is 39.5 Å². The van der Waals surface area contributed by atoms with Gasteiger partial charge in [0.05, 0.1) is 12.6 Å². The van der Waals surface area contributed by atoms with Crippen molar-refractivity contribution in [3.05, 3.63) is 23.8 Å². The molecule has 144 valence electrons. The van der Waals surface area contributed by atoms with Gasteiger partial charge in [0.25, 0.3) is 0 Å². The van der Waals surface area contributed by atoms with Gasteiger partial charge in [0, 0.05) is 32.7 Å². The van der Waals surface area contributed by atoms with Crippen molar-refractivity contribution in [2.24, 2.45) is 5.92 Å². The second-order valence-electron chi connectivity index (χ2n) is 7.88. The van der Waals surface area contributed by atoms with Crippen molar-refractivity contribution in [3.8, 4) is 17.6 Å². The summed E-state index contributed by atoms with van der Waals surface area (Å²) in [5.41, 5.74) is 0.498. The van der Waals surface area contributed by atoms with Crippen molar-refractivity contribution >= 4 is 5.91 Å². The Labute approximate surface area is 159 Å². The predicted octanol–water partition coefficient (Wildman–Crippen LogP) is 1.34. The van der Waals surface area contributed by atoms with Crippen LogP contribution in [-0.4, -0.2) is 60.8 Å². The van der Waals surface area contributed by atoms with Crippen LogP contribution in [-0.2, 0) is 11.3 Å². The number of nitrogens with zero attached hydrogens (tertiary/aromatic N) is 3. The van der Waals surface area contributed by atoms with Crippen molar-refractivity contribution < 1.29 is 14.3 Å². The highest BCUT2D eigenvalue weighted by Crippen LogP contribution is 2.39. The molecule has 1 aromatic rings. The molecule has 0 radical (unpaired) electrons. The van der Waals surface area contributed by atoms with Crippen LogP contribution in [0, 0.1) is 17.2 Å². The van der Waals surface area contributed by atoms with E-state index in [1.165, 1.54) is 5.56 Å². The van der Waals surface area contributed by atoms with Gasteiger partial charge in [-0.15, -0.1) is 0 Å². The first kappa shape index (κ1) is 18.1. The number of rotatable bonds is 6. The van der Waals surface area contributed by atoms with Gasteiger partial charge >= 0.3 is 0 Å². The summed E-state index contributed by atoms with van der Waals surface area (Å²) in [5.74, 6) is 1.89.